The summed E-state index contributed by atoms with van der Waals surface area (Å²) in [6, 6.07) is 3.72. The van der Waals surface area contributed by atoms with Crippen LogP contribution in [0.15, 0.2) is 12.1 Å². The first-order valence-corrected chi connectivity index (χ1v) is 4.65. The van der Waals surface area contributed by atoms with Crippen molar-refractivity contribution in [1.82, 2.24) is 0 Å². The smallest absolute Gasteiger partial charge is 0.179 e. The monoisotopic (exact) mass is 182 g/mol. The molecule has 64 valence electrons. The topological polar surface area (TPSA) is 34.1 Å². The number of Topliss-reactive ketones (excluding diaryl/α,β-unsaturated/α-hetero) is 1. The maximum atomic E-state index is 11.2. The lowest BCUT2D eigenvalue weighted by Gasteiger charge is -1.88. The van der Waals surface area contributed by atoms with E-state index in [2.05, 4.69) is 0 Å². The van der Waals surface area contributed by atoms with Crippen LogP contribution in [0.3, 0.4) is 0 Å². The number of ketones is 1. The fraction of sp³-hybridized carbons (Fsp3) is 0.333. The van der Waals surface area contributed by atoms with Gasteiger partial charge in [0.15, 0.2) is 5.78 Å². The third-order valence-corrected chi connectivity index (χ3v) is 2.82. The zero-order chi connectivity index (χ0) is 8.97. The Bertz CT molecular complexity index is 288. The van der Waals surface area contributed by atoms with E-state index in [1.54, 1.807) is 6.07 Å². The number of aryl methyl sites for hydroxylation is 1. The van der Waals surface area contributed by atoms with Gasteiger partial charge in [-0.05, 0) is 18.6 Å². The van der Waals surface area contributed by atoms with Gasteiger partial charge in [0.2, 0.25) is 0 Å². The number of aldehydes is 1. The number of hydrogen-bond donors (Lipinski definition) is 0. The van der Waals surface area contributed by atoms with Crippen LogP contribution in [-0.4, -0.2) is 12.1 Å². The van der Waals surface area contributed by atoms with E-state index in [9.17, 15) is 9.59 Å². The minimum Gasteiger partial charge on any atom is -0.303 e. The van der Waals surface area contributed by atoms with E-state index in [0.29, 0.717) is 11.2 Å². The van der Waals surface area contributed by atoms with Crippen LogP contribution in [0.1, 0.15) is 27.9 Å². The molecule has 1 rings (SSSR count). The molecular weight excluding hydrogens is 172 g/mol. The fourth-order valence-corrected chi connectivity index (χ4v) is 1.79. The molecular formula is C9H10O2S. The first-order valence-electron chi connectivity index (χ1n) is 3.83. The Kier molecular flexibility index (Phi) is 3.17. The van der Waals surface area contributed by atoms with Crippen molar-refractivity contribution in [3.63, 3.8) is 0 Å². The van der Waals surface area contributed by atoms with Gasteiger partial charge in [-0.1, -0.05) is 6.92 Å². The molecule has 0 saturated heterocycles. The van der Waals surface area contributed by atoms with Crippen molar-refractivity contribution < 1.29 is 9.59 Å². The second kappa shape index (κ2) is 4.16. The van der Waals surface area contributed by atoms with Crippen LogP contribution >= 0.6 is 11.3 Å². The number of carbonyl (C=O) groups excluding carboxylic acids is 2. The quantitative estimate of drug-likeness (QED) is 0.406. The lowest BCUT2D eigenvalue weighted by molar-refractivity contribution is -0.107. The molecule has 0 atom stereocenters. The summed E-state index contributed by atoms with van der Waals surface area (Å²) in [5.74, 6) is -0.0744. The number of thiophene rings is 1. The van der Waals surface area contributed by atoms with Gasteiger partial charge in [0.1, 0.15) is 6.29 Å². The summed E-state index contributed by atoms with van der Waals surface area (Å²) < 4.78 is 0. The molecule has 1 heterocycles. The molecule has 0 saturated carbocycles. The van der Waals surface area contributed by atoms with Crippen LogP contribution in [0.4, 0.5) is 0 Å². The standard InChI is InChI=1S/C9H10O2S/c1-2-7-3-4-9(12-7)8(11)5-6-10/h3-4,6H,2,5H2,1H3. The molecule has 1 aromatic heterocycles. The molecule has 12 heavy (non-hydrogen) atoms. The summed E-state index contributed by atoms with van der Waals surface area (Å²) in [4.78, 5) is 23.1. The van der Waals surface area contributed by atoms with Crippen LogP contribution in [0, 0.1) is 0 Å². The molecule has 1 aromatic rings. The molecule has 2 nitrogen and oxygen atoms in total. The molecule has 0 unspecified atom stereocenters. The van der Waals surface area contributed by atoms with Gasteiger partial charge in [0.05, 0.1) is 11.3 Å². The van der Waals surface area contributed by atoms with Crippen molar-refractivity contribution in [2.75, 3.05) is 0 Å². The zero-order valence-electron chi connectivity index (χ0n) is 6.87. The molecule has 0 aliphatic carbocycles. The van der Waals surface area contributed by atoms with Crippen LogP contribution in [-0.2, 0) is 11.2 Å². The molecule has 0 aromatic carbocycles. The van der Waals surface area contributed by atoms with Gasteiger partial charge in [-0.25, -0.2) is 0 Å². The molecule has 0 radical (unpaired) electrons. The summed E-state index contributed by atoms with van der Waals surface area (Å²) >= 11 is 1.47. The average molecular weight is 182 g/mol. The Labute approximate surface area is 75.2 Å². The molecule has 0 aliphatic rings. The van der Waals surface area contributed by atoms with Gasteiger partial charge in [0.25, 0.3) is 0 Å². The van der Waals surface area contributed by atoms with Crippen LogP contribution in [0.2, 0.25) is 0 Å². The Balaban J connectivity index is 2.74. The van der Waals surface area contributed by atoms with Crippen molar-refractivity contribution in [3.05, 3.63) is 21.9 Å². The minimum absolute atomic E-state index is 0.00364. The summed E-state index contributed by atoms with van der Waals surface area (Å²) in [6.07, 6.45) is 1.59. The van der Waals surface area contributed by atoms with E-state index >= 15 is 0 Å². The van der Waals surface area contributed by atoms with Gasteiger partial charge < -0.3 is 4.79 Å². The van der Waals surface area contributed by atoms with Crippen molar-refractivity contribution >= 4 is 23.4 Å². The van der Waals surface area contributed by atoms with Gasteiger partial charge in [0, 0.05) is 4.88 Å². The fourth-order valence-electron chi connectivity index (χ4n) is 0.894. The summed E-state index contributed by atoms with van der Waals surface area (Å²) in [6.45, 7) is 2.04. The van der Waals surface area contributed by atoms with E-state index in [1.807, 2.05) is 13.0 Å². The molecule has 0 aliphatic heterocycles. The SMILES string of the molecule is CCc1ccc(C(=O)CC=O)s1. The zero-order valence-corrected chi connectivity index (χ0v) is 7.69. The third kappa shape index (κ3) is 2.01. The van der Waals surface area contributed by atoms with Crippen molar-refractivity contribution in [3.8, 4) is 0 Å². The van der Waals surface area contributed by atoms with Crippen LogP contribution < -0.4 is 0 Å². The van der Waals surface area contributed by atoms with Gasteiger partial charge in [-0.2, -0.15) is 0 Å². The van der Waals surface area contributed by atoms with Gasteiger partial charge >= 0.3 is 0 Å². The predicted molar refractivity (Wildman–Crippen MR) is 48.7 cm³/mol. The Morgan fingerprint density at radius 3 is 2.83 bits per heavy atom. The van der Waals surface area contributed by atoms with Gasteiger partial charge in [-0.15, -0.1) is 11.3 Å². The first kappa shape index (κ1) is 9.13. The number of hydrogen-bond acceptors (Lipinski definition) is 3. The van der Waals surface area contributed by atoms with E-state index in [0.717, 1.165) is 6.42 Å². The average Bonchev–Trinajstić information content (AvgIpc) is 2.52. The molecule has 0 fully saturated rings. The lowest BCUT2D eigenvalue weighted by Crippen LogP contribution is -1.95. The van der Waals surface area contributed by atoms with Crippen molar-refractivity contribution in [1.29, 1.82) is 0 Å². The number of rotatable bonds is 4. The minimum atomic E-state index is -0.0744. The summed E-state index contributed by atoms with van der Waals surface area (Å²) in [7, 11) is 0. The van der Waals surface area contributed by atoms with Crippen molar-refractivity contribution in [2.24, 2.45) is 0 Å². The third-order valence-electron chi connectivity index (χ3n) is 1.55. The summed E-state index contributed by atoms with van der Waals surface area (Å²) in [5, 5.41) is 0. The highest BCUT2D eigenvalue weighted by atomic mass is 32.1. The van der Waals surface area contributed by atoms with Crippen LogP contribution in [0.5, 0.6) is 0 Å². The van der Waals surface area contributed by atoms with E-state index in [-0.39, 0.29) is 12.2 Å². The molecule has 0 amide bonds. The summed E-state index contributed by atoms with van der Waals surface area (Å²) in [5.41, 5.74) is 0. The lowest BCUT2D eigenvalue weighted by atomic mass is 10.2. The largest absolute Gasteiger partial charge is 0.303 e. The first-order chi connectivity index (χ1) is 5.77. The predicted octanol–water partition coefficient (Wildman–Crippen LogP) is 2.08. The Morgan fingerprint density at radius 1 is 1.58 bits per heavy atom. The van der Waals surface area contributed by atoms with Crippen LogP contribution in [0.25, 0.3) is 0 Å². The molecule has 0 spiro atoms. The normalized spacial score (nSPS) is 9.75. The molecule has 3 heteroatoms. The highest BCUT2D eigenvalue weighted by Crippen LogP contribution is 2.17. The highest BCUT2D eigenvalue weighted by Gasteiger charge is 2.07. The molecule has 0 N–H and O–H groups in total. The maximum absolute atomic E-state index is 11.2. The van der Waals surface area contributed by atoms with E-state index < -0.39 is 0 Å². The second-order valence-corrected chi connectivity index (χ2v) is 3.58. The second-order valence-electron chi connectivity index (χ2n) is 2.41. The maximum Gasteiger partial charge on any atom is 0.179 e. The molecule has 0 bridgehead atoms. The van der Waals surface area contributed by atoms with E-state index in [1.165, 1.54) is 16.2 Å². The van der Waals surface area contributed by atoms with Gasteiger partial charge in [-0.3, -0.25) is 4.79 Å². The number of carbonyl (C=O) groups is 2. The Hall–Kier alpha value is -0.960. The van der Waals surface area contributed by atoms with E-state index in [4.69, 9.17) is 0 Å². The Morgan fingerprint density at radius 2 is 2.33 bits per heavy atom. The highest BCUT2D eigenvalue weighted by molar-refractivity contribution is 7.14. The van der Waals surface area contributed by atoms with Crippen molar-refractivity contribution in [2.45, 2.75) is 19.8 Å².